The van der Waals surface area contributed by atoms with E-state index >= 15 is 0 Å². The predicted molar refractivity (Wildman–Crippen MR) is 93.0 cm³/mol. The first kappa shape index (κ1) is 17.3. The van der Waals surface area contributed by atoms with Crippen LogP contribution in [0.5, 0.6) is 0 Å². The monoisotopic (exact) mass is 370 g/mol. The summed E-state index contributed by atoms with van der Waals surface area (Å²) in [6.45, 7) is 3.05. The number of likely N-dealkylation sites (tertiary alicyclic amines) is 1. The van der Waals surface area contributed by atoms with Gasteiger partial charge in [0.05, 0.1) is 18.7 Å². The van der Waals surface area contributed by atoms with Crippen molar-refractivity contribution in [3.8, 4) is 11.3 Å². The lowest BCUT2D eigenvalue weighted by atomic mass is 10.1. The van der Waals surface area contributed by atoms with E-state index < -0.39 is 0 Å². The second-order valence-electron chi connectivity index (χ2n) is 6.64. The van der Waals surface area contributed by atoms with Crippen molar-refractivity contribution in [2.24, 2.45) is 0 Å². The Labute approximate surface area is 154 Å². The van der Waals surface area contributed by atoms with E-state index in [9.17, 15) is 9.18 Å². The van der Waals surface area contributed by atoms with E-state index in [1.54, 1.807) is 30.0 Å². The fourth-order valence-electron chi connectivity index (χ4n) is 3.22. The molecule has 1 fully saturated rings. The number of carbonyl (C=O) groups is 1. The predicted octanol–water partition coefficient (Wildman–Crippen LogP) is 2.18. The Morgan fingerprint density at radius 3 is 2.63 bits per heavy atom. The molecule has 1 saturated heterocycles. The molecule has 4 rings (SSSR count). The average Bonchev–Trinajstić information content (AvgIpc) is 3.32. The van der Waals surface area contributed by atoms with Crippen LogP contribution < -0.4 is 0 Å². The molecular weight excluding hydrogens is 351 g/mol. The minimum atomic E-state index is -0.278. The van der Waals surface area contributed by atoms with E-state index in [4.69, 9.17) is 0 Å². The molecule has 1 amide bonds. The normalized spacial score (nSPS) is 15.3. The molecule has 3 heterocycles. The van der Waals surface area contributed by atoms with E-state index in [0.29, 0.717) is 30.2 Å². The number of aromatic nitrogens is 5. The molecule has 3 aromatic rings. The molecule has 9 heteroatoms. The Morgan fingerprint density at radius 2 is 1.96 bits per heavy atom. The van der Waals surface area contributed by atoms with Crippen molar-refractivity contribution in [2.75, 3.05) is 13.1 Å². The number of nitrogens with zero attached hydrogens (tertiary/aromatic N) is 6. The van der Waals surface area contributed by atoms with Crippen molar-refractivity contribution in [3.05, 3.63) is 47.7 Å². The van der Waals surface area contributed by atoms with Crippen LogP contribution in [0, 0.1) is 12.7 Å². The van der Waals surface area contributed by atoms with E-state index in [-0.39, 0.29) is 24.2 Å². The molecule has 1 aromatic carbocycles. The van der Waals surface area contributed by atoms with E-state index in [1.807, 2.05) is 4.90 Å². The zero-order valence-electron chi connectivity index (χ0n) is 14.9. The molecule has 1 aliphatic rings. The quantitative estimate of drug-likeness (QED) is 0.699. The maximum absolute atomic E-state index is 13.1. The van der Waals surface area contributed by atoms with Gasteiger partial charge in [0.15, 0.2) is 0 Å². The van der Waals surface area contributed by atoms with Gasteiger partial charge in [-0.15, -0.1) is 0 Å². The van der Waals surface area contributed by atoms with Crippen LogP contribution in [0.4, 0.5) is 4.39 Å². The molecule has 0 bridgehead atoms. The van der Waals surface area contributed by atoms with Crippen LogP contribution in [0.3, 0.4) is 0 Å². The van der Waals surface area contributed by atoms with Crippen molar-refractivity contribution in [1.82, 2.24) is 30.2 Å². The van der Waals surface area contributed by atoms with Gasteiger partial charge in [0.25, 0.3) is 0 Å². The Morgan fingerprint density at radius 1 is 1.22 bits per heavy atom. The summed E-state index contributed by atoms with van der Waals surface area (Å²) in [6, 6.07) is 6.32. The van der Waals surface area contributed by atoms with Crippen LogP contribution in [-0.2, 0) is 11.2 Å². The average molecular weight is 370 g/mol. The highest BCUT2D eigenvalue weighted by atomic mass is 19.1. The third kappa shape index (κ3) is 3.71. The van der Waals surface area contributed by atoms with Gasteiger partial charge in [0, 0.05) is 18.7 Å². The lowest BCUT2D eigenvalue weighted by molar-refractivity contribution is -0.131. The van der Waals surface area contributed by atoms with Crippen LogP contribution in [-0.4, -0.2) is 49.2 Å². The smallest absolute Gasteiger partial charge is 0.228 e. The first-order valence-electron chi connectivity index (χ1n) is 8.84. The van der Waals surface area contributed by atoms with E-state index in [0.717, 1.165) is 18.4 Å². The number of hydrogen-bond acceptors (Lipinski definition) is 6. The molecule has 0 atom stereocenters. The Kier molecular flexibility index (Phi) is 4.66. The van der Waals surface area contributed by atoms with Crippen molar-refractivity contribution in [2.45, 2.75) is 32.2 Å². The van der Waals surface area contributed by atoms with Gasteiger partial charge in [-0.25, -0.2) is 9.02 Å². The van der Waals surface area contributed by atoms with Crippen LogP contribution in [0.2, 0.25) is 0 Å². The SMILES string of the molecule is Cc1nonc1CC(=O)N1CCC(n2ncc(-c3ccc(F)cc3)n2)CC1. The lowest BCUT2D eigenvalue weighted by Crippen LogP contribution is -2.40. The Hall–Kier alpha value is -3.10. The number of hydrogen-bond donors (Lipinski definition) is 0. The Balaban J connectivity index is 1.36. The first-order chi connectivity index (χ1) is 13.1. The maximum Gasteiger partial charge on any atom is 0.228 e. The fraction of sp³-hybridized carbons (Fsp3) is 0.389. The molecule has 8 nitrogen and oxygen atoms in total. The maximum atomic E-state index is 13.1. The van der Waals surface area contributed by atoms with Gasteiger partial charge in [-0.3, -0.25) is 4.79 Å². The molecular formula is C18H19FN6O2. The van der Waals surface area contributed by atoms with E-state index in [1.165, 1.54) is 12.1 Å². The highest BCUT2D eigenvalue weighted by molar-refractivity contribution is 5.78. The molecule has 0 spiro atoms. The van der Waals surface area contributed by atoms with Gasteiger partial charge in [0.1, 0.15) is 22.9 Å². The number of rotatable bonds is 4. The molecule has 0 unspecified atom stereocenters. The molecule has 0 radical (unpaired) electrons. The molecule has 140 valence electrons. The Bertz CT molecular complexity index is 927. The number of amides is 1. The molecule has 0 saturated carbocycles. The number of carbonyl (C=O) groups excluding carboxylic acids is 1. The third-order valence-electron chi connectivity index (χ3n) is 4.86. The standard InChI is InChI=1S/C18H19FN6O2/c1-12-16(23-27-22-12)10-18(26)24-8-6-15(7-9-24)25-20-11-17(21-25)13-2-4-14(19)5-3-13/h2-5,11,15H,6-10H2,1H3. The summed E-state index contributed by atoms with van der Waals surface area (Å²) in [5.41, 5.74) is 2.77. The van der Waals surface area contributed by atoms with Crippen molar-refractivity contribution >= 4 is 5.91 Å². The zero-order valence-corrected chi connectivity index (χ0v) is 14.9. The largest absolute Gasteiger partial charge is 0.342 e. The summed E-state index contributed by atoms with van der Waals surface area (Å²) in [4.78, 5) is 16.0. The number of piperidine rings is 1. The summed E-state index contributed by atoms with van der Waals surface area (Å²) >= 11 is 0. The molecule has 0 aliphatic carbocycles. The molecule has 27 heavy (non-hydrogen) atoms. The van der Waals surface area contributed by atoms with Gasteiger partial charge < -0.3 is 4.90 Å². The molecule has 2 aromatic heterocycles. The second-order valence-corrected chi connectivity index (χ2v) is 6.64. The van der Waals surface area contributed by atoms with Gasteiger partial charge in [0.2, 0.25) is 5.91 Å². The minimum absolute atomic E-state index is 0.0210. The highest BCUT2D eigenvalue weighted by Gasteiger charge is 2.26. The minimum Gasteiger partial charge on any atom is -0.342 e. The summed E-state index contributed by atoms with van der Waals surface area (Å²) in [5.74, 6) is -0.257. The summed E-state index contributed by atoms with van der Waals surface area (Å²) < 4.78 is 17.7. The second kappa shape index (κ2) is 7.26. The number of halogens is 1. The lowest BCUT2D eigenvalue weighted by Gasteiger charge is -2.31. The number of aryl methyl sites for hydroxylation is 1. The van der Waals surface area contributed by atoms with Crippen LogP contribution in [0.25, 0.3) is 11.3 Å². The van der Waals surface area contributed by atoms with E-state index in [2.05, 4.69) is 25.1 Å². The van der Waals surface area contributed by atoms with Crippen LogP contribution in [0.15, 0.2) is 35.1 Å². The first-order valence-corrected chi connectivity index (χ1v) is 8.84. The van der Waals surface area contributed by atoms with Crippen molar-refractivity contribution < 1.29 is 13.8 Å². The fourth-order valence-corrected chi connectivity index (χ4v) is 3.22. The van der Waals surface area contributed by atoms with Crippen LogP contribution >= 0.6 is 0 Å². The number of benzene rings is 1. The van der Waals surface area contributed by atoms with Crippen molar-refractivity contribution in [3.63, 3.8) is 0 Å². The van der Waals surface area contributed by atoms with Crippen molar-refractivity contribution in [1.29, 1.82) is 0 Å². The van der Waals surface area contributed by atoms with Gasteiger partial charge in [-0.05, 0) is 44.0 Å². The van der Waals surface area contributed by atoms with Gasteiger partial charge in [-0.1, -0.05) is 10.3 Å². The summed E-state index contributed by atoms with van der Waals surface area (Å²) in [6.07, 6.45) is 3.44. The highest BCUT2D eigenvalue weighted by Crippen LogP contribution is 2.24. The topological polar surface area (TPSA) is 89.9 Å². The summed E-state index contributed by atoms with van der Waals surface area (Å²) in [5, 5.41) is 16.4. The molecule has 1 aliphatic heterocycles. The third-order valence-corrected chi connectivity index (χ3v) is 4.86. The molecule has 0 N–H and O–H groups in total. The van der Waals surface area contributed by atoms with Crippen LogP contribution in [0.1, 0.15) is 30.3 Å². The summed E-state index contributed by atoms with van der Waals surface area (Å²) in [7, 11) is 0. The zero-order chi connectivity index (χ0) is 18.8. The van der Waals surface area contributed by atoms with Gasteiger partial charge in [-0.2, -0.15) is 15.0 Å². The van der Waals surface area contributed by atoms with Gasteiger partial charge >= 0.3 is 0 Å².